The van der Waals surface area contributed by atoms with Crippen molar-refractivity contribution >= 4 is 28.5 Å². The van der Waals surface area contributed by atoms with Crippen molar-refractivity contribution < 1.29 is 9.47 Å². The number of hydrogen-bond acceptors (Lipinski definition) is 4. The van der Waals surface area contributed by atoms with Crippen LogP contribution < -0.4 is 5.73 Å². The van der Waals surface area contributed by atoms with E-state index in [2.05, 4.69) is 0 Å². The Bertz CT molecular complexity index is 403. The predicted molar refractivity (Wildman–Crippen MR) is 63.5 cm³/mol. The lowest BCUT2D eigenvalue weighted by Crippen LogP contribution is -2.20. The lowest BCUT2D eigenvalue weighted by atomic mass is 10.2. The summed E-state index contributed by atoms with van der Waals surface area (Å²) in [7, 11) is 0. The molecule has 0 bridgehead atoms. The Hall–Kier alpha value is -1.07. The average molecular weight is 241 g/mol. The van der Waals surface area contributed by atoms with Gasteiger partial charge in [-0.3, -0.25) is 0 Å². The summed E-state index contributed by atoms with van der Waals surface area (Å²) in [5, 5.41) is 0. The number of ether oxygens (including phenoxy) is 2. The first kappa shape index (κ1) is 10.4. The van der Waals surface area contributed by atoms with Crippen LogP contribution in [0.4, 0.5) is 0 Å². The van der Waals surface area contributed by atoms with Gasteiger partial charge in [0, 0.05) is 18.2 Å². The monoisotopic (exact) mass is 241 g/mol. The highest BCUT2D eigenvalue weighted by Gasteiger charge is 2.33. The zero-order valence-corrected chi connectivity index (χ0v) is 9.86. The van der Waals surface area contributed by atoms with E-state index >= 15 is 0 Å². The standard InChI is InChI=1S/C10H11NO2S2/c1-10(12-4-5-13-10)8-3-2-7(15-8)6-9(11)14/h2-5H,6H2,1H3,(H2,11,14). The Morgan fingerprint density at radius 3 is 2.73 bits per heavy atom. The molecule has 1 aliphatic rings. The van der Waals surface area contributed by atoms with Crippen molar-refractivity contribution in [2.75, 3.05) is 0 Å². The van der Waals surface area contributed by atoms with E-state index in [-0.39, 0.29) is 0 Å². The van der Waals surface area contributed by atoms with Crippen molar-refractivity contribution in [3.63, 3.8) is 0 Å². The molecular formula is C10H11NO2S2. The van der Waals surface area contributed by atoms with Gasteiger partial charge in [-0.2, -0.15) is 0 Å². The number of hydrogen-bond donors (Lipinski definition) is 1. The fourth-order valence-corrected chi connectivity index (χ4v) is 2.66. The van der Waals surface area contributed by atoms with Crippen molar-refractivity contribution in [2.45, 2.75) is 19.1 Å². The molecule has 0 aromatic carbocycles. The third kappa shape index (κ3) is 2.13. The van der Waals surface area contributed by atoms with Gasteiger partial charge in [0.2, 0.25) is 0 Å². The molecular weight excluding hydrogens is 230 g/mol. The Labute approximate surface area is 97.5 Å². The Kier molecular flexibility index (Phi) is 2.67. The maximum Gasteiger partial charge on any atom is 0.283 e. The predicted octanol–water partition coefficient (Wildman–Crippen LogP) is 2.27. The normalized spacial score (nSPS) is 17.1. The van der Waals surface area contributed by atoms with E-state index in [0.29, 0.717) is 11.4 Å². The molecule has 0 spiro atoms. The van der Waals surface area contributed by atoms with Gasteiger partial charge in [0.25, 0.3) is 5.79 Å². The quantitative estimate of drug-likeness (QED) is 0.824. The second-order valence-corrected chi connectivity index (χ2v) is 5.06. The van der Waals surface area contributed by atoms with Crippen LogP contribution in [0.5, 0.6) is 0 Å². The fraction of sp³-hybridized carbons (Fsp3) is 0.300. The maximum absolute atomic E-state index is 5.48. The van der Waals surface area contributed by atoms with E-state index in [9.17, 15) is 0 Å². The summed E-state index contributed by atoms with van der Waals surface area (Å²) in [6.07, 6.45) is 3.73. The summed E-state index contributed by atoms with van der Waals surface area (Å²) >= 11 is 6.46. The second-order valence-electron chi connectivity index (χ2n) is 3.36. The average Bonchev–Trinajstić information content (AvgIpc) is 2.74. The van der Waals surface area contributed by atoms with Crippen molar-refractivity contribution in [3.8, 4) is 0 Å². The number of rotatable bonds is 3. The first-order valence-electron chi connectivity index (χ1n) is 4.48. The number of thiocarbonyl (C=S) groups is 1. The number of nitrogens with two attached hydrogens (primary N) is 1. The minimum Gasteiger partial charge on any atom is -0.452 e. The Morgan fingerprint density at radius 1 is 1.47 bits per heavy atom. The van der Waals surface area contributed by atoms with Crippen LogP contribution in [-0.4, -0.2) is 4.99 Å². The molecule has 0 fully saturated rings. The smallest absolute Gasteiger partial charge is 0.283 e. The minimum absolute atomic E-state index is 0.500. The first-order chi connectivity index (χ1) is 7.10. The molecule has 0 aliphatic carbocycles. The summed E-state index contributed by atoms with van der Waals surface area (Å²) in [5.74, 6) is -0.681. The third-order valence-electron chi connectivity index (χ3n) is 2.10. The molecule has 80 valence electrons. The summed E-state index contributed by atoms with van der Waals surface area (Å²) < 4.78 is 10.8. The van der Waals surface area contributed by atoms with Crippen LogP contribution in [0.15, 0.2) is 24.7 Å². The molecule has 0 unspecified atom stereocenters. The van der Waals surface area contributed by atoms with Gasteiger partial charge in [-0.1, -0.05) is 12.2 Å². The molecule has 1 aromatic rings. The lowest BCUT2D eigenvalue weighted by molar-refractivity contribution is -0.130. The molecule has 0 saturated heterocycles. The van der Waals surface area contributed by atoms with E-state index in [0.717, 1.165) is 9.75 Å². The maximum atomic E-state index is 5.48. The van der Waals surface area contributed by atoms with E-state index in [1.165, 1.54) is 0 Å². The molecule has 1 aromatic heterocycles. The van der Waals surface area contributed by atoms with E-state index in [1.807, 2.05) is 19.1 Å². The topological polar surface area (TPSA) is 44.5 Å². The highest BCUT2D eigenvalue weighted by Crippen LogP contribution is 2.36. The van der Waals surface area contributed by atoms with Gasteiger partial charge in [0.1, 0.15) is 12.5 Å². The van der Waals surface area contributed by atoms with Crippen LogP contribution in [0.25, 0.3) is 0 Å². The van der Waals surface area contributed by atoms with Gasteiger partial charge >= 0.3 is 0 Å². The number of thiophene rings is 1. The summed E-state index contributed by atoms with van der Waals surface area (Å²) in [5.41, 5.74) is 5.48. The van der Waals surface area contributed by atoms with Gasteiger partial charge < -0.3 is 15.2 Å². The summed E-state index contributed by atoms with van der Waals surface area (Å²) in [6.45, 7) is 1.88. The van der Waals surface area contributed by atoms with Crippen LogP contribution in [0.3, 0.4) is 0 Å². The summed E-state index contributed by atoms with van der Waals surface area (Å²) in [6, 6.07) is 3.97. The molecule has 1 aliphatic heterocycles. The lowest BCUT2D eigenvalue weighted by Gasteiger charge is -2.20. The zero-order valence-electron chi connectivity index (χ0n) is 8.23. The van der Waals surface area contributed by atoms with Crippen LogP contribution in [0.2, 0.25) is 0 Å². The van der Waals surface area contributed by atoms with Gasteiger partial charge in [-0.15, -0.1) is 11.3 Å². The van der Waals surface area contributed by atoms with Gasteiger partial charge in [0.15, 0.2) is 0 Å². The van der Waals surface area contributed by atoms with E-state index in [4.69, 9.17) is 27.4 Å². The zero-order chi connectivity index (χ0) is 10.9. The SMILES string of the molecule is CC1(c2ccc(CC(N)=S)s2)OC=CO1. The molecule has 5 heteroatoms. The van der Waals surface area contributed by atoms with Gasteiger partial charge in [0.05, 0.1) is 9.87 Å². The van der Waals surface area contributed by atoms with Crippen LogP contribution in [0, 0.1) is 0 Å². The van der Waals surface area contributed by atoms with Gasteiger partial charge in [-0.25, -0.2) is 0 Å². The molecule has 2 heterocycles. The van der Waals surface area contributed by atoms with E-state index in [1.54, 1.807) is 23.9 Å². The minimum atomic E-state index is -0.681. The van der Waals surface area contributed by atoms with Crippen LogP contribution in [0.1, 0.15) is 16.7 Å². The molecule has 2 N–H and O–H groups in total. The fourth-order valence-electron chi connectivity index (χ4n) is 1.35. The molecule has 0 atom stereocenters. The highest BCUT2D eigenvalue weighted by atomic mass is 32.1. The Morgan fingerprint density at radius 2 is 2.13 bits per heavy atom. The first-order valence-corrected chi connectivity index (χ1v) is 5.71. The molecule has 15 heavy (non-hydrogen) atoms. The van der Waals surface area contributed by atoms with Crippen molar-refractivity contribution in [3.05, 3.63) is 34.4 Å². The largest absolute Gasteiger partial charge is 0.452 e. The second kappa shape index (κ2) is 3.83. The van der Waals surface area contributed by atoms with Crippen molar-refractivity contribution in [1.29, 1.82) is 0 Å². The Balaban J connectivity index is 2.16. The molecule has 0 radical (unpaired) electrons. The molecule has 0 saturated carbocycles. The van der Waals surface area contributed by atoms with Crippen LogP contribution in [-0.2, 0) is 21.7 Å². The molecule has 3 nitrogen and oxygen atoms in total. The molecule has 2 rings (SSSR count). The van der Waals surface area contributed by atoms with Gasteiger partial charge in [-0.05, 0) is 12.1 Å². The van der Waals surface area contributed by atoms with Crippen molar-refractivity contribution in [2.24, 2.45) is 5.73 Å². The third-order valence-corrected chi connectivity index (χ3v) is 3.51. The van der Waals surface area contributed by atoms with E-state index < -0.39 is 5.79 Å². The molecule has 0 amide bonds. The summed E-state index contributed by atoms with van der Waals surface area (Å²) in [4.78, 5) is 2.64. The van der Waals surface area contributed by atoms with Crippen LogP contribution >= 0.6 is 23.6 Å². The highest BCUT2D eigenvalue weighted by molar-refractivity contribution is 7.80. The van der Waals surface area contributed by atoms with Crippen molar-refractivity contribution in [1.82, 2.24) is 0 Å².